The first-order valence-electron chi connectivity index (χ1n) is 3.81. The summed E-state index contributed by atoms with van der Waals surface area (Å²) >= 11 is 0. The van der Waals surface area contributed by atoms with Gasteiger partial charge >= 0.3 is 0 Å². The first-order chi connectivity index (χ1) is 5.65. The Bertz CT molecular complexity index is 246. The molecule has 0 aliphatic heterocycles. The van der Waals surface area contributed by atoms with Gasteiger partial charge in [-0.15, -0.1) is 10.2 Å². The minimum atomic E-state index is -0.530. The molecule has 6 heteroatoms. The molecule has 68 valence electrons. The van der Waals surface area contributed by atoms with Gasteiger partial charge in [0.25, 0.3) is 0 Å². The van der Waals surface area contributed by atoms with Crippen LogP contribution in [-0.2, 0) is 0 Å². The van der Waals surface area contributed by atoms with Crippen LogP contribution in [0.2, 0.25) is 0 Å². The Morgan fingerprint density at radius 1 is 1.58 bits per heavy atom. The van der Waals surface area contributed by atoms with E-state index in [1.165, 1.54) is 4.80 Å². The largest absolute Gasteiger partial charge is 0.394 e. The van der Waals surface area contributed by atoms with Crippen molar-refractivity contribution in [2.24, 2.45) is 5.73 Å². The topological polar surface area (TPSA) is 89.9 Å². The van der Waals surface area contributed by atoms with Crippen molar-refractivity contribution >= 4 is 0 Å². The molecule has 1 rings (SSSR count). The van der Waals surface area contributed by atoms with E-state index in [0.717, 1.165) is 0 Å². The molecule has 0 aliphatic carbocycles. The van der Waals surface area contributed by atoms with Gasteiger partial charge in [0.15, 0.2) is 5.82 Å². The fraction of sp³-hybridized carbons (Fsp3) is 0.833. The smallest absolute Gasteiger partial charge is 0.193 e. The van der Waals surface area contributed by atoms with Crippen LogP contribution in [0, 0.1) is 0 Å². The highest BCUT2D eigenvalue weighted by molar-refractivity contribution is 4.86. The highest BCUT2D eigenvalue weighted by Gasteiger charge is 2.11. The van der Waals surface area contributed by atoms with Crippen molar-refractivity contribution in [3.8, 4) is 0 Å². The second kappa shape index (κ2) is 3.59. The molecule has 0 spiro atoms. The molecule has 1 unspecified atom stereocenters. The Morgan fingerprint density at radius 2 is 2.25 bits per heavy atom. The summed E-state index contributed by atoms with van der Waals surface area (Å²) in [6.45, 7) is 3.72. The predicted molar refractivity (Wildman–Crippen MR) is 42.2 cm³/mol. The number of rotatable bonds is 3. The van der Waals surface area contributed by atoms with Crippen molar-refractivity contribution in [1.29, 1.82) is 0 Å². The number of nitrogens with zero attached hydrogens (tertiary/aromatic N) is 4. The van der Waals surface area contributed by atoms with Gasteiger partial charge in [-0.25, -0.2) is 0 Å². The zero-order chi connectivity index (χ0) is 9.14. The Kier molecular flexibility index (Phi) is 2.72. The summed E-state index contributed by atoms with van der Waals surface area (Å²) in [5.74, 6) is 0.381. The summed E-state index contributed by atoms with van der Waals surface area (Å²) in [7, 11) is 0. The summed E-state index contributed by atoms with van der Waals surface area (Å²) in [6.07, 6.45) is 0. The molecule has 0 amide bonds. The van der Waals surface area contributed by atoms with Gasteiger partial charge in [-0.2, -0.15) is 4.80 Å². The molecule has 1 aromatic heterocycles. The van der Waals surface area contributed by atoms with E-state index in [2.05, 4.69) is 15.4 Å². The van der Waals surface area contributed by atoms with Gasteiger partial charge in [0.05, 0.1) is 18.7 Å². The first-order valence-corrected chi connectivity index (χ1v) is 3.81. The fourth-order valence-electron chi connectivity index (χ4n) is 0.685. The molecule has 1 aromatic rings. The van der Waals surface area contributed by atoms with Crippen LogP contribution >= 0.6 is 0 Å². The second-order valence-corrected chi connectivity index (χ2v) is 2.85. The summed E-state index contributed by atoms with van der Waals surface area (Å²) in [4.78, 5) is 1.46. The van der Waals surface area contributed by atoms with E-state index >= 15 is 0 Å². The zero-order valence-electron chi connectivity index (χ0n) is 7.18. The lowest BCUT2D eigenvalue weighted by molar-refractivity contribution is 0.263. The maximum atomic E-state index is 8.69. The monoisotopic (exact) mass is 171 g/mol. The molecule has 0 aliphatic rings. The minimum Gasteiger partial charge on any atom is -0.394 e. The van der Waals surface area contributed by atoms with Crippen LogP contribution in [0.4, 0.5) is 0 Å². The van der Waals surface area contributed by atoms with Crippen LogP contribution in [0.3, 0.4) is 0 Å². The van der Waals surface area contributed by atoms with Crippen molar-refractivity contribution in [1.82, 2.24) is 20.2 Å². The van der Waals surface area contributed by atoms with Crippen LogP contribution < -0.4 is 5.73 Å². The van der Waals surface area contributed by atoms with Gasteiger partial charge in [0.2, 0.25) is 0 Å². The summed E-state index contributed by atoms with van der Waals surface area (Å²) in [6, 6.07) is -0.366. The third kappa shape index (κ3) is 1.77. The third-order valence-electron chi connectivity index (χ3n) is 1.43. The van der Waals surface area contributed by atoms with Crippen LogP contribution in [0.1, 0.15) is 31.8 Å². The highest BCUT2D eigenvalue weighted by atomic mass is 16.3. The average molecular weight is 171 g/mol. The molecule has 1 heterocycles. The molecule has 1 atom stereocenters. The lowest BCUT2D eigenvalue weighted by Gasteiger charge is -2.01. The number of hydrogen-bond donors (Lipinski definition) is 2. The first kappa shape index (κ1) is 9.08. The normalized spacial score (nSPS) is 13.8. The Labute approximate surface area is 70.4 Å². The van der Waals surface area contributed by atoms with Crippen LogP contribution in [-0.4, -0.2) is 31.9 Å². The minimum absolute atomic E-state index is 0.163. The van der Waals surface area contributed by atoms with Gasteiger partial charge < -0.3 is 10.8 Å². The summed E-state index contributed by atoms with van der Waals surface area (Å²) in [5.41, 5.74) is 5.48. The fourth-order valence-corrected chi connectivity index (χ4v) is 0.685. The molecular weight excluding hydrogens is 158 g/mol. The highest BCUT2D eigenvalue weighted by Crippen LogP contribution is 2.03. The molecule has 12 heavy (non-hydrogen) atoms. The molecule has 0 bridgehead atoms. The Morgan fingerprint density at radius 3 is 2.67 bits per heavy atom. The molecule has 0 saturated heterocycles. The van der Waals surface area contributed by atoms with E-state index in [9.17, 15) is 0 Å². The maximum Gasteiger partial charge on any atom is 0.193 e. The Balaban J connectivity index is 2.77. The van der Waals surface area contributed by atoms with Crippen molar-refractivity contribution in [3.05, 3.63) is 5.82 Å². The standard InChI is InChI=1S/C6H13N5O/c1-4(2)11-9-6(8-10-11)5(7)3-12/h4-5,12H,3,7H2,1-2H3. The second-order valence-electron chi connectivity index (χ2n) is 2.85. The molecule has 0 saturated carbocycles. The molecule has 0 aromatic carbocycles. The van der Waals surface area contributed by atoms with Crippen molar-refractivity contribution in [2.45, 2.75) is 25.9 Å². The number of aliphatic hydroxyl groups is 1. The molecular formula is C6H13N5O. The van der Waals surface area contributed by atoms with E-state index in [1.54, 1.807) is 0 Å². The van der Waals surface area contributed by atoms with E-state index < -0.39 is 6.04 Å². The summed E-state index contributed by atoms with van der Waals surface area (Å²) in [5, 5.41) is 20.2. The molecule has 0 fully saturated rings. The Hall–Kier alpha value is -1.01. The van der Waals surface area contributed by atoms with Crippen LogP contribution in [0.5, 0.6) is 0 Å². The number of aromatic nitrogens is 4. The number of tetrazole rings is 1. The quantitative estimate of drug-likeness (QED) is 0.624. The van der Waals surface area contributed by atoms with E-state index in [4.69, 9.17) is 10.8 Å². The zero-order valence-corrected chi connectivity index (χ0v) is 7.18. The van der Waals surface area contributed by atoms with Gasteiger partial charge in [-0.3, -0.25) is 0 Å². The van der Waals surface area contributed by atoms with E-state index in [-0.39, 0.29) is 12.6 Å². The predicted octanol–water partition coefficient (Wildman–Crippen LogP) is -0.754. The lowest BCUT2D eigenvalue weighted by Crippen LogP contribution is -2.16. The van der Waals surface area contributed by atoms with Gasteiger partial charge in [0, 0.05) is 0 Å². The summed E-state index contributed by atoms with van der Waals surface area (Å²) < 4.78 is 0. The molecule has 6 nitrogen and oxygen atoms in total. The van der Waals surface area contributed by atoms with Crippen molar-refractivity contribution < 1.29 is 5.11 Å². The maximum absolute atomic E-state index is 8.69. The van der Waals surface area contributed by atoms with E-state index in [0.29, 0.717) is 5.82 Å². The average Bonchev–Trinajstić information content (AvgIpc) is 2.51. The molecule has 0 radical (unpaired) electrons. The lowest BCUT2D eigenvalue weighted by atomic mass is 10.3. The third-order valence-corrected chi connectivity index (χ3v) is 1.43. The number of nitrogens with two attached hydrogens (primary N) is 1. The van der Waals surface area contributed by atoms with Crippen molar-refractivity contribution in [3.63, 3.8) is 0 Å². The van der Waals surface area contributed by atoms with Crippen molar-refractivity contribution in [2.75, 3.05) is 6.61 Å². The van der Waals surface area contributed by atoms with E-state index in [1.807, 2.05) is 13.8 Å². The SMILES string of the molecule is CC(C)n1nnc(C(N)CO)n1. The number of aliphatic hydroxyl groups excluding tert-OH is 1. The van der Waals surface area contributed by atoms with Crippen LogP contribution in [0.25, 0.3) is 0 Å². The van der Waals surface area contributed by atoms with Gasteiger partial charge in [-0.1, -0.05) is 0 Å². The van der Waals surface area contributed by atoms with Gasteiger partial charge in [-0.05, 0) is 19.1 Å². The van der Waals surface area contributed by atoms with Gasteiger partial charge in [0.1, 0.15) is 0 Å². The number of hydrogen-bond acceptors (Lipinski definition) is 5. The van der Waals surface area contributed by atoms with Crippen LogP contribution in [0.15, 0.2) is 0 Å². The molecule has 3 N–H and O–H groups in total.